The fourth-order valence-corrected chi connectivity index (χ4v) is 5.23. The molecule has 6 nitrogen and oxygen atoms in total. The first-order valence-electron chi connectivity index (χ1n) is 10.7. The molecule has 0 bridgehead atoms. The number of hydrogen-bond acceptors (Lipinski definition) is 3. The largest absolute Gasteiger partial charge is 0.354 e. The average Bonchev–Trinajstić information content (AvgIpc) is 2.91. The molecule has 1 aliphatic heterocycles. The Morgan fingerprint density at radius 1 is 1.04 bits per heavy atom. The molecule has 7 heteroatoms. The monoisotopic (exact) mass is 486 g/mol. The minimum absolute atomic E-state index is 0. The molecule has 3 atom stereocenters. The van der Waals surface area contributed by atoms with Gasteiger partial charge in [-0.1, -0.05) is 32.1 Å². The third-order valence-electron chi connectivity index (χ3n) is 6.70. The topological polar surface area (TPSA) is 67.1 Å². The normalized spacial score (nSPS) is 28.3. The number of nitrogens with one attached hydrogen (secondary N) is 2. The molecule has 2 heterocycles. The number of fused-ring (bicyclic) bond motifs is 2. The molecule has 1 aromatic heterocycles. The number of aromatic nitrogens is 3. The van der Waals surface area contributed by atoms with E-state index in [-0.39, 0.29) is 24.0 Å². The van der Waals surface area contributed by atoms with Crippen LogP contribution >= 0.6 is 24.0 Å². The lowest BCUT2D eigenvalue weighted by atomic mass is 9.69. The minimum atomic E-state index is 0. The highest BCUT2D eigenvalue weighted by atomic mass is 127. The molecule has 0 aromatic carbocycles. The van der Waals surface area contributed by atoms with Crippen LogP contribution in [-0.4, -0.2) is 33.8 Å². The van der Waals surface area contributed by atoms with Crippen molar-refractivity contribution < 1.29 is 0 Å². The van der Waals surface area contributed by atoms with Gasteiger partial charge in [0.25, 0.3) is 0 Å². The van der Waals surface area contributed by atoms with E-state index in [4.69, 9.17) is 0 Å². The molecule has 1 aromatic rings. The van der Waals surface area contributed by atoms with Gasteiger partial charge in [-0.15, -0.1) is 34.2 Å². The van der Waals surface area contributed by atoms with E-state index in [1.165, 1.54) is 64.2 Å². The predicted octanol–water partition coefficient (Wildman–Crippen LogP) is 3.65. The van der Waals surface area contributed by atoms with Crippen molar-refractivity contribution in [2.24, 2.45) is 16.8 Å². The molecule has 0 spiro atoms. The van der Waals surface area contributed by atoms with Crippen LogP contribution in [0.5, 0.6) is 0 Å². The Balaban J connectivity index is 0.00000210. The summed E-state index contributed by atoms with van der Waals surface area (Å²) in [6.07, 6.45) is 14.6. The molecular weight excluding hydrogens is 451 g/mol. The predicted molar refractivity (Wildman–Crippen MR) is 119 cm³/mol. The highest BCUT2D eigenvalue weighted by Gasteiger charge is 2.32. The summed E-state index contributed by atoms with van der Waals surface area (Å²) < 4.78 is 2.31. The lowest BCUT2D eigenvalue weighted by Crippen LogP contribution is -2.46. The molecular formula is C20H35IN6. The third-order valence-corrected chi connectivity index (χ3v) is 6.70. The molecule has 0 radical (unpaired) electrons. The van der Waals surface area contributed by atoms with Gasteiger partial charge in [0.15, 0.2) is 11.8 Å². The van der Waals surface area contributed by atoms with Gasteiger partial charge < -0.3 is 15.2 Å². The Morgan fingerprint density at radius 3 is 2.74 bits per heavy atom. The van der Waals surface area contributed by atoms with Gasteiger partial charge in [0.2, 0.25) is 0 Å². The molecule has 27 heavy (non-hydrogen) atoms. The van der Waals surface area contributed by atoms with Crippen LogP contribution in [0.25, 0.3) is 0 Å². The van der Waals surface area contributed by atoms with Crippen molar-refractivity contribution in [3.05, 3.63) is 11.6 Å². The van der Waals surface area contributed by atoms with E-state index in [0.717, 1.165) is 42.4 Å². The quantitative estimate of drug-likeness (QED) is 0.389. The number of guanidine groups is 1. The highest BCUT2D eigenvalue weighted by molar-refractivity contribution is 14.0. The van der Waals surface area contributed by atoms with E-state index in [0.29, 0.717) is 12.6 Å². The Kier molecular flexibility index (Phi) is 7.78. The van der Waals surface area contributed by atoms with Crippen molar-refractivity contribution in [3.8, 4) is 0 Å². The lowest BCUT2D eigenvalue weighted by Gasteiger charge is -2.39. The van der Waals surface area contributed by atoms with Crippen LogP contribution in [-0.2, 0) is 19.5 Å². The van der Waals surface area contributed by atoms with Crippen molar-refractivity contribution in [2.75, 3.05) is 7.05 Å². The standard InChI is InChI=1S/C20H34N6.HI/c1-21-20(23-17-11-10-15-7-4-5-8-16(15)13-17)22-14-19-25-24-18-9-3-2-6-12-26(18)19;/h15-17H,2-14H2,1H3,(H2,21,22,23);1H. The third kappa shape index (κ3) is 5.15. The number of hydrogen-bond donors (Lipinski definition) is 2. The summed E-state index contributed by atoms with van der Waals surface area (Å²) in [5.41, 5.74) is 0. The molecule has 152 valence electrons. The van der Waals surface area contributed by atoms with Gasteiger partial charge in [0.05, 0.1) is 6.54 Å². The average molecular weight is 486 g/mol. The number of aryl methyl sites for hydroxylation is 1. The maximum atomic E-state index is 4.45. The summed E-state index contributed by atoms with van der Waals surface area (Å²) in [6.45, 7) is 1.75. The van der Waals surface area contributed by atoms with Crippen LogP contribution in [0.2, 0.25) is 0 Å². The maximum absolute atomic E-state index is 4.45. The first-order chi connectivity index (χ1) is 12.8. The first kappa shape index (κ1) is 20.9. The second kappa shape index (κ2) is 10.1. The van der Waals surface area contributed by atoms with Gasteiger partial charge >= 0.3 is 0 Å². The molecule has 2 aliphatic carbocycles. The number of nitrogens with zero attached hydrogens (tertiary/aromatic N) is 4. The van der Waals surface area contributed by atoms with Gasteiger partial charge in [0, 0.05) is 26.1 Å². The van der Waals surface area contributed by atoms with Gasteiger partial charge in [-0.2, -0.15) is 0 Å². The van der Waals surface area contributed by atoms with Gasteiger partial charge in [-0.05, 0) is 43.9 Å². The number of aliphatic imine (C=N–C) groups is 1. The Morgan fingerprint density at radius 2 is 1.89 bits per heavy atom. The van der Waals surface area contributed by atoms with Crippen LogP contribution in [0.1, 0.15) is 75.9 Å². The molecule has 0 saturated heterocycles. The first-order valence-corrected chi connectivity index (χ1v) is 10.7. The number of halogens is 1. The summed E-state index contributed by atoms with van der Waals surface area (Å²) >= 11 is 0. The highest BCUT2D eigenvalue weighted by Crippen LogP contribution is 2.40. The zero-order valence-electron chi connectivity index (χ0n) is 16.6. The Hall–Kier alpha value is -0.860. The lowest BCUT2D eigenvalue weighted by molar-refractivity contribution is 0.150. The van der Waals surface area contributed by atoms with E-state index >= 15 is 0 Å². The smallest absolute Gasteiger partial charge is 0.191 e. The van der Waals surface area contributed by atoms with E-state index < -0.39 is 0 Å². The van der Waals surface area contributed by atoms with Crippen LogP contribution in [0, 0.1) is 11.8 Å². The van der Waals surface area contributed by atoms with Crippen LogP contribution in [0.3, 0.4) is 0 Å². The van der Waals surface area contributed by atoms with E-state index in [1.807, 2.05) is 7.05 Å². The van der Waals surface area contributed by atoms with Gasteiger partial charge in [-0.3, -0.25) is 4.99 Å². The summed E-state index contributed by atoms with van der Waals surface area (Å²) in [4.78, 5) is 4.45. The second-order valence-corrected chi connectivity index (χ2v) is 8.38. The summed E-state index contributed by atoms with van der Waals surface area (Å²) in [5, 5.41) is 16.0. The zero-order chi connectivity index (χ0) is 17.8. The zero-order valence-corrected chi connectivity index (χ0v) is 19.0. The molecule has 0 amide bonds. The van der Waals surface area contributed by atoms with Crippen LogP contribution in [0.15, 0.2) is 4.99 Å². The Bertz CT molecular complexity index is 628. The summed E-state index contributed by atoms with van der Waals surface area (Å²) in [5.74, 6) is 5.03. The van der Waals surface area contributed by atoms with E-state index in [9.17, 15) is 0 Å². The fourth-order valence-electron chi connectivity index (χ4n) is 5.23. The molecule has 3 aliphatic rings. The van der Waals surface area contributed by atoms with E-state index in [1.54, 1.807) is 0 Å². The Labute approximate surface area is 180 Å². The van der Waals surface area contributed by atoms with Gasteiger partial charge in [-0.25, -0.2) is 0 Å². The molecule has 4 rings (SSSR count). The van der Waals surface area contributed by atoms with Crippen LogP contribution in [0.4, 0.5) is 0 Å². The van der Waals surface area contributed by atoms with Gasteiger partial charge in [0.1, 0.15) is 5.82 Å². The van der Waals surface area contributed by atoms with Crippen molar-refractivity contribution >= 4 is 29.9 Å². The van der Waals surface area contributed by atoms with Crippen molar-refractivity contribution in [3.63, 3.8) is 0 Å². The van der Waals surface area contributed by atoms with Crippen molar-refractivity contribution in [1.29, 1.82) is 0 Å². The van der Waals surface area contributed by atoms with E-state index in [2.05, 4.69) is 30.4 Å². The van der Waals surface area contributed by atoms with Crippen molar-refractivity contribution in [1.82, 2.24) is 25.4 Å². The minimum Gasteiger partial charge on any atom is -0.354 e. The second-order valence-electron chi connectivity index (χ2n) is 8.38. The summed E-state index contributed by atoms with van der Waals surface area (Å²) in [7, 11) is 1.87. The maximum Gasteiger partial charge on any atom is 0.191 e. The molecule has 3 unspecified atom stereocenters. The molecule has 2 N–H and O–H groups in total. The number of rotatable bonds is 3. The fraction of sp³-hybridized carbons (Fsp3) is 0.850. The molecule has 2 fully saturated rings. The van der Waals surface area contributed by atoms with Crippen LogP contribution < -0.4 is 10.6 Å². The SMILES string of the molecule is CN=C(NCc1nnc2n1CCCCC2)NC1CCC2CCCCC2C1.I. The summed E-state index contributed by atoms with van der Waals surface area (Å²) in [6, 6.07) is 0.566. The van der Waals surface area contributed by atoms with Crippen molar-refractivity contribution in [2.45, 2.75) is 89.8 Å². The molecule has 2 saturated carbocycles.